The van der Waals surface area contributed by atoms with Crippen molar-refractivity contribution in [2.45, 2.75) is 79.1 Å². The standard InChI is InChI=1S/C20H27NO2.C5H10.K/c1-5-13(3)20(23)19(15-7-6-8-16(21)11-15)18-14(4)9-12(2)10-17(18)22;1-2-5-3-4-5;/h6-8,11-12,19,23H,5,9-10,21H2,1-4H3;5H,2-4H2,1H3;/q;;+1/p-1/b20-13+;;. The minimum atomic E-state index is -0.515. The number of Topliss-reactive ketones (excluding diaryl/α,β-unsaturated/α-hetero) is 1. The van der Waals surface area contributed by atoms with E-state index in [0.29, 0.717) is 30.0 Å². The molecule has 154 valence electrons. The van der Waals surface area contributed by atoms with Crippen LogP contribution < -0.4 is 62.2 Å². The Bertz CT molecular complexity index is 762. The van der Waals surface area contributed by atoms with Gasteiger partial charge in [-0.2, -0.15) is 0 Å². The molecule has 29 heavy (non-hydrogen) atoms. The van der Waals surface area contributed by atoms with Crippen LogP contribution in [0.15, 0.2) is 46.7 Å². The van der Waals surface area contributed by atoms with E-state index in [-0.39, 0.29) is 62.9 Å². The third-order valence-electron chi connectivity index (χ3n) is 5.97. The van der Waals surface area contributed by atoms with E-state index in [1.54, 1.807) is 6.07 Å². The van der Waals surface area contributed by atoms with Gasteiger partial charge in [-0.1, -0.05) is 63.3 Å². The fraction of sp³-hybridized carbons (Fsp3) is 0.560. The van der Waals surface area contributed by atoms with Crippen LogP contribution in [0.3, 0.4) is 0 Å². The van der Waals surface area contributed by atoms with E-state index in [2.05, 4.69) is 13.8 Å². The molecule has 0 bridgehead atoms. The summed E-state index contributed by atoms with van der Waals surface area (Å²) in [4.78, 5) is 12.7. The van der Waals surface area contributed by atoms with E-state index in [1.165, 1.54) is 19.3 Å². The second-order valence-electron chi connectivity index (χ2n) is 8.58. The molecule has 2 unspecified atom stereocenters. The van der Waals surface area contributed by atoms with Gasteiger partial charge in [-0.15, -0.1) is 5.76 Å². The summed E-state index contributed by atoms with van der Waals surface area (Å²) in [5, 5.41) is 13.0. The molecule has 1 aromatic rings. The summed E-state index contributed by atoms with van der Waals surface area (Å²) < 4.78 is 0. The zero-order chi connectivity index (χ0) is 20.8. The summed E-state index contributed by atoms with van der Waals surface area (Å²) >= 11 is 0. The van der Waals surface area contributed by atoms with Crippen LogP contribution in [0.5, 0.6) is 0 Å². The molecule has 2 N–H and O–H groups in total. The second-order valence-corrected chi connectivity index (χ2v) is 8.58. The summed E-state index contributed by atoms with van der Waals surface area (Å²) in [6.07, 6.45) is 6.52. The number of ketones is 1. The Kier molecular flexibility index (Phi) is 11.4. The number of nitrogens with two attached hydrogens (primary N) is 1. The van der Waals surface area contributed by atoms with Crippen LogP contribution in [0, 0.1) is 11.8 Å². The molecule has 3 nitrogen and oxygen atoms in total. The third kappa shape index (κ3) is 7.66. The van der Waals surface area contributed by atoms with Crippen LogP contribution in [0.25, 0.3) is 0 Å². The number of carbonyl (C=O) groups is 1. The number of allylic oxidation sites excluding steroid dienone is 3. The van der Waals surface area contributed by atoms with Gasteiger partial charge in [0.25, 0.3) is 0 Å². The van der Waals surface area contributed by atoms with Crippen molar-refractivity contribution in [1.82, 2.24) is 0 Å². The van der Waals surface area contributed by atoms with Crippen LogP contribution in [0.4, 0.5) is 5.69 Å². The number of nitrogen functional groups attached to an aromatic ring is 1. The van der Waals surface area contributed by atoms with E-state index in [4.69, 9.17) is 5.73 Å². The summed E-state index contributed by atoms with van der Waals surface area (Å²) in [5.74, 6) is 1.11. The Labute approximate surface area is 219 Å². The van der Waals surface area contributed by atoms with E-state index < -0.39 is 5.92 Å². The molecule has 0 spiro atoms. The molecule has 2 atom stereocenters. The maximum Gasteiger partial charge on any atom is 1.00 e. The number of rotatable bonds is 5. The molecule has 0 saturated heterocycles. The largest absolute Gasteiger partial charge is 1.00 e. The Balaban J connectivity index is 0.000000610. The average molecular weight is 422 g/mol. The van der Waals surface area contributed by atoms with Crippen molar-refractivity contribution in [2.75, 3.05) is 5.73 Å². The molecule has 0 aromatic heterocycles. The summed E-state index contributed by atoms with van der Waals surface area (Å²) in [7, 11) is 0. The van der Waals surface area contributed by atoms with Crippen LogP contribution in [-0.4, -0.2) is 5.78 Å². The van der Waals surface area contributed by atoms with Crippen LogP contribution >= 0.6 is 0 Å². The van der Waals surface area contributed by atoms with Gasteiger partial charge >= 0.3 is 51.4 Å². The summed E-state index contributed by atoms with van der Waals surface area (Å²) in [6.45, 7) is 10.1. The van der Waals surface area contributed by atoms with Crippen molar-refractivity contribution in [3.63, 3.8) is 0 Å². The second kappa shape index (κ2) is 12.5. The minimum absolute atomic E-state index is 0. The van der Waals surface area contributed by atoms with E-state index in [1.807, 2.05) is 39.0 Å². The summed E-state index contributed by atoms with van der Waals surface area (Å²) in [6, 6.07) is 7.36. The van der Waals surface area contributed by atoms with Gasteiger partial charge in [0.1, 0.15) is 0 Å². The topological polar surface area (TPSA) is 66.1 Å². The third-order valence-corrected chi connectivity index (χ3v) is 5.97. The minimum Gasteiger partial charge on any atom is -0.875 e. The van der Waals surface area contributed by atoms with E-state index >= 15 is 0 Å². The average Bonchev–Trinajstić information content (AvgIpc) is 3.48. The smallest absolute Gasteiger partial charge is 0.875 e. The Hall–Kier alpha value is -0.394. The zero-order valence-electron chi connectivity index (χ0n) is 19.2. The van der Waals surface area contributed by atoms with Gasteiger partial charge in [-0.05, 0) is 56.2 Å². The SMILES string of the molecule is CC/C(C)=C(/[O-])C(C1=C(C)CC(C)CC1=O)c1cccc(N)c1.CCC1CC1.[K+]. The molecule has 0 aliphatic heterocycles. The fourth-order valence-electron chi connectivity index (χ4n) is 3.91. The van der Waals surface area contributed by atoms with Crippen molar-refractivity contribution in [3.8, 4) is 0 Å². The van der Waals surface area contributed by atoms with Crippen molar-refractivity contribution >= 4 is 11.5 Å². The molecular formula is C25H36KNO2. The number of carbonyl (C=O) groups excluding carboxylic acids is 1. The first-order valence-corrected chi connectivity index (χ1v) is 10.7. The molecule has 0 amide bonds. The van der Waals surface area contributed by atoms with Crippen LogP contribution in [0.1, 0.15) is 84.6 Å². The maximum absolute atomic E-state index is 13.0. The summed E-state index contributed by atoms with van der Waals surface area (Å²) in [5.41, 5.74) is 9.86. The van der Waals surface area contributed by atoms with Gasteiger partial charge in [0, 0.05) is 23.6 Å². The monoisotopic (exact) mass is 421 g/mol. The molecular weight excluding hydrogens is 385 g/mol. The molecule has 2 aliphatic rings. The van der Waals surface area contributed by atoms with Gasteiger partial charge in [-0.25, -0.2) is 0 Å². The Morgan fingerprint density at radius 2 is 1.90 bits per heavy atom. The zero-order valence-corrected chi connectivity index (χ0v) is 22.3. The van der Waals surface area contributed by atoms with Gasteiger partial charge in [0.2, 0.25) is 0 Å². The fourth-order valence-corrected chi connectivity index (χ4v) is 3.91. The van der Waals surface area contributed by atoms with Crippen molar-refractivity contribution in [2.24, 2.45) is 11.8 Å². The Morgan fingerprint density at radius 3 is 2.34 bits per heavy atom. The molecule has 1 saturated carbocycles. The number of hydrogen-bond acceptors (Lipinski definition) is 3. The molecule has 4 heteroatoms. The molecule has 1 fully saturated rings. The molecule has 1 aromatic carbocycles. The molecule has 3 rings (SSSR count). The quantitative estimate of drug-likeness (QED) is 0.451. The number of hydrogen-bond donors (Lipinski definition) is 1. The van der Waals surface area contributed by atoms with Crippen molar-refractivity contribution in [3.05, 3.63) is 52.3 Å². The first kappa shape index (κ1) is 26.6. The Morgan fingerprint density at radius 1 is 1.24 bits per heavy atom. The molecule has 2 aliphatic carbocycles. The maximum atomic E-state index is 13.0. The first-order valence-electron chi connectivity index (χ1n) is 10.7. The number of benzene rings is 1. The van der Waals surface area contributed by atoms with Gasteiger partial charge < -0.3 is 10.8 Å². The van der Waals surface area contributed by atoms with Gasteiger partial charge in [0.15, 0.2) is 5.78 Å². The van der Waals surface area contributed by atoms with Crippen molar-refractivity contribution in [1.29, 1.82) is 0 Å². The van der Waals surface area contributed by atoms with Crippen LogP contribution in [0.2, 0.25) is 0 Å². The van der Waals surface area contributed by atoms with Crippen LogP contribution in [-0.2, 0) is 4.79 Å². The number of anilines is 1. The van der Waals surface area contributed by atoms with E-state index in [0.717, 1.165) is 29.0 Å². The van der Waals surface area contributed by atoms with Crippen molar-refractivity contribution < 1.29 is 61.3 Å². The first-order chi connectivity index (χ1) is 13.3. The molecule has 0 heterocycles. The predicted molar refractivity (Wildman–Crippen MR) is 116 cm³/mol. The van der Waals surface area contributed by atoms with E-state index in [9.17, 15) is 9.90 Å². The van der Waals surface area contributed by atoms with Gasteiger partial charge in [0.05, 0.1) is 0 Å². The van der Waals surface area contributed by atoms with Gasteiger partial charge in [-0.3, -0.25) is 4.79 Å². The predicted octanol–water partition coefficient (Wildman–Crippen LogP) is 2.52. The normalized spacial score (nSPS) is 20.9. The molecule has 0 radical (unpaired) electrons.